The zero-order valence-electron chi connectivity index (χ0n) is 24.4. The first-order valence-corrected chi connectivity index (χ1v) is 16.2. The van der Waals surface area contributed by atoms with Gasteiger partial charge in [-0.05, 0) is 68.4 Å². The van der Waals surface area contributed by atoms with E-state index in [0.717, 1.165) is 5.56 Å². The van der Waals surface area contributed by atoms with E-state index < -0.39 is 39.8 Å². The van der Waals surface area contributed by atoms with Crippen molar-refractivity contribution in [2.24, 2.45) is 5.92 Å². The van der Waals surface area contributed by atoms with Crippen LogP contribution in [0.1, 0.15) is 57.1 Å². The molecule has 9 nitrogen and oxygen atoms in total. The number of piperazine rings is 1. The molecule has 4 atom stereocenters. The van der Waals surface area contributed by atoms with Crippen molar-refractivity contribution in [1.29, 1.82) is 0 Å². The molecule has 1 saturated heterocycles. The first-order chi connectivity index (χ1) is 19.9. The summed E-state index contributed by atoms with van der Waals surface area (Å²) in [4.78, 5) is 26.1. The van der Waals surface area contributed by atoms with Crippen molar-refractivity contribution in [2.45, 2.75) is 75.7 Å². The fraction of sp³-hybridized carbons (Fsp3) is 0.533. The molecule has 12 heteroatoms. The van der Waals surface area contributed by atoms with Crippen LogP contribution in [0, 0.1) is 11.7 Å². The highest BCUT2D eigenvalue weighted by atomic mass is 35.5. The van der Waals surface area contributed by atoms with Crippen LogP contribution < -0.4 is 16.0 Å². The number of hydrogen-bond acceptors (Lipinski definition) is 6. The minimum absolute atomic E-state index is 0.0775. The van der Waals surface area contributed by atoms with Crippen LogP contribution in [0.2, 0.25) is 5.02 Å². The first kappa shape index (κ1) is 32.2. The fourth-order valence-corrected chi connectivity index (χ4v) is 8.20. The summed E-state index contributed by atoms with van der Waals surface area (Å²) in [5.41, 5.74) is 1.34. The Morgan fingerprint density at radius 3 is 2.45 bits per heavy atom. The monoisotopic (exact) mass is 622 g/mol. The van der Waals surface area contributed by atoms with Crippen molar-refractivity contribution in [2.75, 3.05) is 25.5 Å². The van der Waals surface area contributed by atoms with E-state index in [1.165, 1.54) is 19.2 Å². The van der Waals surface area contributed by atoms with Gasteiger partial charge in [0.1, 0.15) is 11.9 Å². The van der Waals surface area contributed by atoms with Gasteiger partial charge in [-0.3, -0.25) is 4.79 Å². The molecule has 42 heavy (non-hydrogen) atoms. The van der Waals surface area contributed by atoms with Crippen molar-refractivity contribution >= 4 is 39.3 Å². The first-order valence-electron chi connectivity index (χ1n) is 14.3. The van der Waals surface area contributed by atoms with Crippen LogP contribution in [-0.2, 0) is 26.0 Å². The third-order valence-corrected chi connectivity index (χ3v) is 10.8. The van der Waals surface area contributed by atoms with Crippen LogP contribution in [0.3, 0.4) is 0 Å². The van der Waals surface area contributed by atoms with Gasteiger partial charge in [0.05, 0.1) is 12.4 Å². The molecule has 0 unspecified atom stereocenters. The molecule has 2 aromatic carbocycles. The third-order valence-electron chi connectivity index (χ3n) is 8.03. The molecule has 4 rings (SSSR count). The van der Waals surface area contributed by atoms with Crippen LogP contribution in [-0.4, -0.2) is 68.3 Å². The molecule has 0 spiro atoms. The largest absolute Gasteiger partial charge is 0.453 e. The van der Waals surface area contributed by atoms with Crippen molar-refractivity contribution in [3.05, 3.63) is 64.4 Å². The predicted octanol–water partition coefficient (Wildman–Crippen LogP) is 4.67. The second kappa shape index (κ2) is 13.7. The van der Waals surface area contributed by atoms with Gasteiger partial charge in [0.15, 0.2) is 0 Å². The average molecular weight is 623 g/mol. The van der Waals surface area contributed by atoms with Crippen LogP contribution in [0.4, 0.5) is 14.9 Å². The maximum atomic E-state index is 15.3. The zero-order valence-corrected chi connectivity index (χ0v) is 26.0. The minimum Gasteiger partial charge on any atom is -0.453 e. The number of nitrogens with one attached hydrogen (secondary N) is 3. The summed E-state index contributed by atoms with van der Waals surface area (Å²) in [6, 6.07) is 9.89. The molecule has 0 aromatic heterocycles. The quantitative estimate of drug-likeness (QED) is 0.335. The van der Waals surface area contributed by atoms with Gasteiger partial charge in [-0.2, -0.15) is 4.31 Å². The number of carbonyl (C=O) groups is 2. The normalized spacial score (nSPS) is 21.0. The van der Waals surface area contributed by atoms with Crippen molar-refractivity contribution in [3.63, 3.8) is 0 Å². The zero-order chi connectivity index (χ0) is 30.6. The Balaban J connectivity index is 1.58. The summed E-state index contributed by atoms with van der Waals surface area (Å²) in [6.45, 7) is 6.78. The van der Waals surface area contributed by atoms with Crippen molar-refractivity contribution in [1.82, 2.24) is 14.9 Å². The molecule has 3 N–H and O–H groups in total. The summed E-state index contributed by atoms with van der Waals surface area (Å²) < 4.78 is 48.1. The highest BCUT2D eigenvalue weighted by Crippen LogP contribution is 2.35. The van der Waals surface area contributed by atoms with Crippen molar-refractivity contribution < 1.29 is 27.1 Å². The van der Waals surface area contributed by atoms with Gasteiger partial charge in [-0.1, -0.05) is 43.6 Å². The smallest absolute Gasteiger partial charge is 0.407 e. The van der Waals surface area contributed by atoms with Gasteiger partial charge in [-0.15, -0.1) is 0 Å². The summed E-state index contributed by atoms with van der Waals surface area (Å²) >= 11 is 6.09. The Morgan fingerprint density at radius 1 is 1.14 bits per heavy atom. The summed E-state index contributed by atoms with van der Waals surface area (Å²) in [7, 11) is -2.22. The van der Waals surface area contributed by atoms with E-state index in [1.807, 2.05) is 20.8 Å². The Hall–Kier alpha value is -2.73. The summed E-state index contributed by atoms with van der Waals surface area (Å²) in [6.07, 6.45) is 1.14. The molecule has 2 aromatic rings. The number of carbonyl (C=O) groups excluding carboxylic acids is 2. The lowest BCUT2D eigenvalue weighted by Gasteiger charge is -2.40. The SMILES string of the molecule is COC(=O)N[C@H](C(=O)Nc1cccc(F)c1CC[C@H]1CNC[C@@H](C)N1S(=O)(=O)C1CC1)[C@@H](c1ccc(Cl)cc1)C(C)C. The topological polar surface area (TPSA) is 117 Å². The van der Waals surface area contributed by atoms with E-state index in [1.54, 1.807) is 34.6 Å². The molecule has 0 bridgehead atoms. The van der Waals surface area contributed by atoms with E-state index in [0.29, 0.717) is 37.4 Å². The van der Waals surface area contributed by atoms with Gasteiger partial charge in [0, 0.05) is 47.4 Å². The number of rotatable bonds is 11. The lowest BCUT2D eigenvalue weighted by atomic mass is 9.82. The molecule has 1 heterocycles. The lowest BCUT2D eigenvalue weighted by Crippen LogP contribution is -2.59. The Bertz CT molecular complexity index is 1370. The molecule has 0 radical (unpaired) electrons. The molecule has 2 amide bonds. The number of alkyl carbamates (subject to hydrolysis) is 1. The van der Waals surface area contributed by atoms with E-state index in [-0.39, 0.29) is 40.9 Å². The number of halogens is 2. The van der Waals surface area contributed by atoms with Gasteiger partial charge in [0.2, 0.25) is 15.9 Å². The van der Waals surface area contributed by atoms with Crippen LogP contribution in [0.5, 0.6) is 0 Å². The van der Waals surface area contributed by atoms with Gasteiger partial charge < -0.3 is 20.7 Å². The molecule has 1 aliphatic carbocycles. The number of amides is 2. The Labute approximate surface area is 252 Å². The van der Waals surface area contributed by atoms with Crippen LogP contribution >= 0.6 is 11.6 Å². The van der Waals surface area contributed by atoms with Gasteiger partial charge >= 0.3 is 6.09 Å². The van der Waals surface area contributed by atoms with Crippen LogP contribution in [0.25, 0.3) is 0 Å². The number of anilines is 1. The second-order valence-corrected chi connectivity index (χ2v) is 14.0. The summed E-state index contributed by atoms with van der Waals surface area (Å²) in [5, 5.41) is 9.00. The second-order valence-electron chi connectivity index (χ2n) is 11.5. The number of benzene rings is 2. The highest BCUT2D eigenvalue weighted by molar-refractivity contribution is 7.90. The molecule has 230 valence electrons. The number of methoxy groups -OCH3 is 1. The number of nitrogens with zero attached hydrogens (tertiary/aromatic N) is 1. The maximum absolute atomic E-state index is 15.3. The van der Waals surface area contributed by atoms with Gasteiger partial charge in [0.25, 0.3) is 0 Å². The molecule has 2 fully saturated rings. The van der Waals surface area contributed by atoms with E-state index in [4.69, 9.17) is 16.3 Å². The maximum Gasteiger partial charge on any atom is 0.407 e. The fourth-order valence-electron chi connectivity index (χ4n) is 5.83. The minimum atomic E-state index is -3.43. The van der Waals surface area contributed by atoms with E-state index in [9.17, 15) is 18.0 Å². The standard InChI is InChI=1S/C30H40ClFN4O5S/c1-18(2)27(20-8-10-21(31)11-9-20)28(35-30(38)41-4)29(37)34-26-7-5-6-25(32)24(26)15-12-22-17-33-16-19(3)36(22)42(39,40)23-13-14-23/h5-11,18-19,22-23,27-28,33H,12-17H2,1-4H3,(H,34,37)(H,35,38)/t19-,22+,27-,28+/m1/s1. The lowest BCUT2D eigenvalue weighted by molar-refractivity contribution is -0.118. The molecular formula is C30H40ClFN4O5S. The van der Waals surface area contributed by atoms with Crippen molar-refractivity contribution in [3.8, 4) is 0 Å². The number of ether oxygens (including phenoxy) is 1. The number of hydrogen-bond donors (Lipinski definition) is 3. The number of sulfonamides is 1. The van der Waals surface area contributed by atoms with E-state index >= 15 is 4.39 Å². The van der Waals surface area contributed by atoms with Crippen LogP contribution in [0.15, 0.2) is 42.5 Å². The third kappa shape index (κ3) is 7.42. The molecule has 2 aliphatic rings. The Kier molecular flexibility index (Phi) is 10.5. The molecular weight excluding hydrogens is 583 g/mol. The average Bonchev–Trinajstić information content (AvgIpc) is 3.79. The molecule has 1 aliphatic heterocycles. The highest BCUT2D eigenvalue weighted by Gasteiger charge is 2.45. The summed E-state index contributed by atoms with van der Waals surface area (Å²) in [5.74, 6) is -1.57. The Morgan fingerprint density at radius 2 is 1.83 bits per heavy atom. The van der Waals surface area contributed by atoms with Gasteiger partial charge in [-0.25, -0.2) is 17.6 Å². The van der Waals surface area contributed by atoms with E-state index in [2.05, 4.69) is 16.0 Å². The molecule has 1 saturated carbocycles. The predicted molar refractivity (Wildman–Crippen MR) is 162 cm³/mol.